The molecule has 0 radical (unpaired) electrons. The number of nitrogens with zero attached hydrogens (tertiary/aromatic N) is 1. The minimum absolute atomic E-state index is 0.140. The van der Waals surface area contributed by atoms with Crippen LogP contribution < -0.4 is 19.6 Å². The number of methoxy groups -OCH3 is 2. The lowest BCUT2D eigenvalue weighted by atomic mass is 10.2. The van der Waals surface area contributed by atoms with Gasteiger partial charge in [-0.25, -0.2) is 9.82 Å². The molecule has 0 spiro atoms. The van der Waals surface area contributed by atoms with Crippen LogP contribution in [0.25, 0.3) is 0 Å². The summed E-state index contributed by atoms with van der Waals surface area (Å²) >= 11 is 0. The highest BCUT2D eigenvalue weighted by Crippen LogP contribution is 2.27. The van der Waals surface area contributed by atoms with E-state index in [-0.39, 0.29) is 18.3 Å². The predicted molar refractivity (Wildman–Crippen MR) is 112 cm³/mol. The Morgan fingerprint density at radius 2 is 1.73 bits per heavy atom. The molecule has 0 aliphatic heterocycles. The van der Waals surface area contributed by atoms with Crippen LogP contribution in [0.2, 0.25) is 0 Å². The van der Waals surface area contributed by atoms with Crippen LogP contribution in [-0.4, -0.2) is 26.3 Å². The summed E-state index contributed by atoms with van der Waals surface area (Å²) < 4.78 is 29.6. The minimum atomic E-state index is -0.378. The molecule has 1 N–H and O–H groups in total. The van der Waals surface area contributed by atoms with Gasteiger partial charge in [0.05, 0.1) is 20.4 Å². The number of carbonyl (C=O) groups excluding carboxylic acids is 1. The van der Waals surface area contributed by atoms with Crippen molar-refractivity contribution in [2.24, 2.45) is 5.10 Å². The van der Waals surface area contributed by atoms with Crippen LogP contribution in [0.5, 0.6) is 17.2 Å². The van der Waals surface area contributed by atoms with Crippen molar-refractivity contribution in [1.82, 2.24) is 5.43 Å². The zero-order valence-corrected chi connectivity index (χ0v) is 16.6. The first-order valence-electron chi connectivity index (χ1n) is 9.12. The molecule has 30 heavy (non-hydrogen) atoms. The first-order valence-corrected chi connectivity index (χ1v) is 9.12. The SMILES string of the molecule is COc1ccc(C(=O)N/N=C/c2ccc(OCc3ccccc3F)cc2)cc1OC. The molecule has 0 bridgehead atoms. The summed E-state index contributed by atoms with van der Waals surface area (Å²) in [6.07, 6.45) is 1.51. The third-order valence-electron chi connectivity index (χ3n) is 4.26. The van der Waals surface area contributed by atoms with Crippen molar-refractivity contribution in [2.45, 2.75) is 6.61 Å². The second kappa shape index (κ2) is 10.1. The van der Waals surface area contributed by atoms with Crippen LogP contribution in [0.1, 0.15) is 21.5 Å². The summed E-state index contributed by atoms with van der Waals surface area (Å²) in [5.74, 6) is 0.920. The Labute approximate surface area is 173 Å². The molecule has 0 fully saturated rings. The Kier molecular flexibility index (Phi) is 7.00. The zero-order chi connectivity index (χ0) is 21.3. The molecule has 0 aliphatic carbocycles. The van der Waals surface area contributed by atoms with Crippen molar-refractivity contribution in [3.63, 3.8) is 0 Å². The number of hydrogen-bond donors (Lipinski definition) is 1. The van der Waals surface area contributed by atoms with E-state index >= 15 is 0 Å². The van der Waals surface area contributed by atoms with Crippen LogP contribution in [-0.2, 0) is 6.61 Å². The third kappa shape index (κ3) is 5.35. The van der Waals surface area contributed by atoms with Gasteiger partial charge in [0, 0.05) is 11.1 Å². The second-order valence-electron chi connectivity index (χ2n) is 6.22. The molecule has 3 rings (SSSR count). The molecule has 0 saturated carbocycles. The second-order valence-corrected chi connectivity index (χ2v) is 6.22. The Morgan fingerprint density at radius 3 is 2.43 bits per heavy atom. The van der Waals surface area contributed by atoms with Gasteiger partial charge in [-0.05, 0) is 54.1 Å². The maximum absolute atomic E-state index is 13.6. The first-order chi connectivity index (χ1) is 14.6. The molecular weight excluding hydrogens is 387 g/mol. The number of halogens is 1. The molecule has 1 amide bonds. The molecule has 7 heteroatoms. The summed E-state index contributed by atoms with van der Waals surface area (Å²) in [6.45, 7) is 0.140. The predicted octanol–water partition coefficient (Wildman–Crippen LogP) is 4.19. The molecule has 3 aromatic rings. The molecular formula is C23H21FN2O4. The summed E-state index contributed by atoms with van der Waals surface area (Å²) in [5, 5.41) is 3.96. The fourth-order valence-corrected chi connectivity index (χ4v) is 2.63. The van der Waals surface area contributed by atoms with Gasteiger partial charge in [-0.15, -0.1) is 0 Å². The molecule has 0 atom stereocenters. The lowest BCUT2D eigenvalue weighted by Gasteiger charge is -2.08. The highest BCUT2D eigenvalue weighted by molar-refractivity contribution is 5.95. The molecule has 0 aliphatic rings. The van der Waals surface area contributed by atoms with Gasteiger partial charge in [0.15, 0.2) is 11.5 Å². The van der Waals surface area contributed by atoms with Gasteiger partial charge in [-0.3, -0.25) is 4.79 Å². The third-order valence-corrected chi connectivity index (χ3v) is 4.26. The Morgan fingerprint density at radius 1 is 1.00 bits per heavy atom. The van der Waals surface area contributed by atoms with Crippen molar-refractivity contribution < 1.29 is 23.4 Å². The fraction of sp³-hybridized carbons (Fsp3) is 0.130. The lowest BCUT2D eigenvalue weighted by Crippen LogP contribution is -2.17. The number of ether oxygens (including phenoxy) is 3. The number of hydrazone groups is 1. The quantitative estimate of drug-likeness (QED) is 0.448. The van der Waals surface area contributed by atoms with Gasteiger partial charge in [0.25, 0.3) is 5.91 Å². The van der Waals surface area contributed by atoms with E-state index < -0.39 is 0 Å². The Bertz CT molecular complexity index is 1040. The molecule has 0 saturated heterocycles. The normalized spacial score (nSPS) is 10.6. The number of carbonyl (C=O) groups is 1. The van der Waals surface area contributed by atoms with E-state index in [1.807, 2.05) is 0 Å². The molecule has 0 unspecified atom stereocenters. The molecule has 3 aromatic carbocycles. The number of rotatable bonds is 8. The average Bonchev–Trinajstić information content (AvgIpc) is 2.78. The van der Waals surface area contributed by atoms with Crippen molar-refractivity contribution >= 4 is 12.1 Å². The van der Waals surface area contributed by atoms with E-state index in [4.69, 9.17) is 14.2 Å². The number of benzene rings is 3. The maximum Gasteiger partial charge on any atom is 0.271 e. The van der Waals surface area contributed by atoms with Crippen molar-refractivity contribution in [3.05, 3.63) is 89.2 Å². The van der Waals surface area contributed by atoms with Crippen LogP contribution in [0, 0.1) is 5.82 Å². The van der Waals surface area contributed by atoms with E-state index in [9.17, 15) is 9.18 Å². The van der Waals surface area contributed by atoms with Gasteiger partial charge < -0.3 is 14.2 Å². The van der Waals surface area contributed by atoms with Crippen LogP contribution in [0.4, 0.5) is 4.39 Å². The average molecular weight is 408 g/mol. The summed E-state index contributed by atoms with van der Waals surface area (Å²) in [7, 11) is 3.03. The smallest absolute Gasteiger partial charge is 0.271 e. The van der Waals surface area contributed by atoms with Crippen LogP contribution in [0.3, 0.4) is 0 Å². The minimum Gasteiger partial charge on any atom is -0.493 e. The Hall–Kier alpha value is -3.87. The van der Waals surface area contributed by atoms with Gasteiger partial charge >= 0.3 is 0 Å². The lowest BCUT2D eigenvalue weighted by molar-refractivity contribution is 0.0954. The van der Waals surface area contributed by atoms with E-state index in [1.165, 1.54) is 26.5 Å². The largest absolute Gasteiger partial charge is 0.493 e. The molecule has 154 valence electrons. The van der Waals surface area contributed by atoms with Gasteiger partial charge in [-0.1, -0.05) is 18.2 Å². The zero-order valence-electron chi connectivity index (χ0n) is 16.6. The van der Waals surface area contributed by atoms with Gasteiger partial charge in [0.1, 0.15) is 18.2 Å². The highest BCUT2D eigenvalue weighted by atomic mass is 19.1. The fourth-order valence-electron chi connectivity index (χ4n) is 2.63. The summed E-state index contributed by atoms with van der Waals surface area (Å²) in [6, 6.07) is 18.4. The van der Waals surface area contributed by atoms with Crippen LogP contribution in [0.15, 0.2) is 71.8 Å². The van der Waals surface area contributed by atoms with E-state index in [0.29, 0.717) is 28.4 Å². The van der Waals surface area contributed by atoms with Gasteiger partial charge in [0.2, 0.25) is 0 Å². The Balaban J connectivity index is 1.55. The van der Waals surface area contributed by atoms with E-state index in [2.05, 4.69) is 10.5 Å². The van der Waals surface area contributed by atoms with Crippen molar-refractivity contribution in [3.8, 4) is 17.2 Å². The molecule has 0 aromatic heterocycles. The highest BCUT2D eigenvalue weighted by Gasteiger charge is 2.10. The van der Waals surface area contributed by atoms with Crippen LogP contribution >= 0.6 is 0 Å². The maximum atomic E-state index is 13.6. The van der Waals surface area contributed by atoms with Crippen molar-refractivity contribution in [2.75, 3.05) is 14.2 Å². The number of amides is 1. The molecule has 0 heterocycles. The van der Waals surface area contributed by atoms with Crippen molar-refractivity contribution in [1.29, 1.82) is 0 Å². The van der Waals surface area contributed by atoms with E-state index in [1.54, 1.807) is 60.7 Å². The van der Waals surface area contributed by atoms with Gasteiger partial charge in [-0.2, -0.15) is 5.10 Å². The summed E-state index contributed by atoms with van der Waals surface area (Å²) in [4.78, 5) is 12.2. The number of hydrogen-bond acceptors (Lipinski definition) is 5. The standard InChI is InChI=1S/C23H21FN2O4/c1-28-21-12-9-17(13-22(21)29-2)23(27)26-25-14-16-7-10-19(11-8-16)30-15-18-5-3-4-6-20(18)24/h3-14H,15H2,1-2H3,(H,26,27)/b25-14+. The number of nitrogens with one attached hydrogen (secondary N) is 1. The first kappa shape index (κ1) is 20.9. The summed E-state index contributed by atoms with van der Waals surface area (Å²) in [5.41, 5.74) is 4.11. The monoisotopic (exact) mass is 408 g/mol. The van der Waals surface area contributed by atoms with E-state index in [0.717, 1.165) is 5.56 Å². The molecule has 6 nitrogen and oxygen atoms in total. The topological polar surface area (TPSA) is 69.2 Å².